The molecule has 0 saturated carbocycles. The van der Waals surface area contributed by atoms with Crippen molar-refractivity contribution in [1.82, 2.24) is 9.55 Å². The van der Waals surface area contributed by atoms with E-state index in [2.05, 4.69) is 57.7 Å². The monoisotopic (exact) mass is 264 g/mol. The summed E-state index contributed by atoms with van der Waals surface area (Å²) in [4.78, 5) is 4.47. The molecule has 2 rings (SSSR count). The third-order valence-electron chi connectivity index (χ3n) is 2.31. The molecule has 0 aliphatic rings. The Morgan fingerprint density at radius 2 is 1.87 bits per heavy atom. The first-order valence-corrected chi connectivity index (χ1v) is 5.78. The maximum absolute atomic E-state index is 4.47. The Hall–Kier alpha value is -1.09. The van der Waals surface area contributed by atoms with Crippen LogP contribution in [-0.4, -0.2) is 9.55 Å². The van der Waals surface area contributed by atoms with Crippen LogP contribution in [0.25, 0.3) is 5.69 Å². The van der Waals surface area contributed by atoms with Crippen LogP contribution in [0.4, 0.5) is 0 Å². The second kappa shape index (κ2) is 4.19. The Balaban J connectivity index is 2.45. The van der Waals surface area contributed by atoms with Crippen molar-refractivity contribution in [3.8, 4) is 5.69 Å². The molecule has 0 amide bonds. The number of rotatable bonds is 2. The summed E-state index contributed by atoms with van der Waals surface area (Å²) >= 11 is 3.47. The minimum Gasteiger partial charge on any atom is -0.294 e. The number of halogens is 1. The molecular formula is C12H13BrN2. The lowest BCUT2D eigenvalue weighted by Crippen LogP contribution is -1.91. The molecule has 0 aliphatic heterocycles. The van der Waals surface area contributed by atoms with E-state index in [1.807, 2.05) is 18.2 Å². The fraction of sp³-hybridized carbons (Fsp3) is 0.250. The van der Waals surface area contributed by atoms with Crippen LogP contribution in [-0.2, 0) is 0 Å². The zero-order valence-electron chi connectivity index (χ0n) is 8.81. The van der Waals surface area contributed by atoms with Gasteiger partial charge in [0.1, 0.15) is 0 Å². The molecule has 0 radical (unpaired) electrons. The molecule has 3 heteroatoms. The maximum Gasteiger partial charge on any atom is 0.181 e. The second-order valence-corrected chi connectivity index (χ2v) is 4.50. The number of para-hydroxylation sites is 1. The molecule has 0 fully saturated rings. The number of benzene rings is 1. The van der Waals surface area contributed by atoms with Gasteiger partial charge in [-0.1, -0.05) is 32.0 Å². The van der Waals surface area contributed by atoms with Crippen molar-refractivity contribution in [2.75, 3.05) is 0 Å². The molecule has 0 saturated heterocycles. The van der Waals surface area contributed by atoms with Crippen molar-refractivity contribution in [3.63, 3.8) is 0 Å². The molecule has 78 valence electrons. The number of aromatic nitrogens is 2. The Kier molecular flexibility index (Phi) is 2.91. The van der Waals surface area contributed by atoms with Gasteiger partial charge in [0.15, 0.2) is 4.73 Å². The summed E-state index contributed by atoms with van der Waals surface area (Å²) in [5.41, 5.74) is 2.23. The topological polar surface area (TPSA) is 17.8 Å². The van der Waals surface area contributed by atoms with Crippen LogP contribution in [0.5, 0.6) is 0 Å². The zero-order valence-corrected chi connectivity index (χ0v) is 10.4. The average Bonchev–Trinajstić information content (AvgIpc) is 2.62. The van der Waals surface area contributed by atoms with Crippen LogP contribution in [0.15, 0.2) is 41.3 Å². The van der Waals surface area contributed by atoms with Gasteiger partial charge in [-0.05, 0) is 34.0 Å². The number of nitrogens with zero attached hydrogens (tertiary/aromatic N) is 2. The molecule has 15 heavy (non-hydrogen) atoms. The Labute approximate surface area is 98.1 Å². The summed E-state index contributed by atoms with van der Waals surface area (Å²) in [5, 5.41) is 0. The largest absolute Gasteiger partial charge is 0.294 e. The SMILES string of the molecule is CC(C)c1cn(-c2ccccc2)c(Br)n1. The van der Waals surface area contributed by atoms with Crippen LogP contribution in [0, 0.1) is 0 Å². The molecular weight excluding hydrogens is 252 g/mol. The first-order valence-electron chi connectivity index (χ1n) is 4.98. The first kappa shape index (κ1) is 10.4. The van der Waals surface area contributed by atoms with Gasteiger partial charge in [-0.2, -0.15) is 0 Å². The summed E-state index contributed by atoms with van der Waals surface area (Å²) in [7, 11) is 0. The smallest absolute Gasteiger partial charge is 0.181 e. The highest BCUT2D eigenvalue weighted by Gasteiger charge is 2.09. The predicted octanol–water partition coefficient (Wildman–Crippen LogP) is 3.76. The highest BCUT2D eigenvalue weighted by atomic mass is 79.9. The van der Waals surface area contributed by atoms with Crippen LogP contribution in [0.2, 0.25) is 0 Å². The van der Waals surface area contributed by atoms with E-state index in [1.165, 1.54) is 0 Å². The minimum atomic E-state index is 0.450. The van der Waals surface area contributed by atoms with Crippen molar-refractivity contribution >= 4 is 15.9 Å². The molecule has 0 bridgehead atoms. The Morgan fingerprint density at radius 1 is 1.20 bits per heavy atom. The first-order chi connectivity index (χ1) is 7.18. The molecule has 0 N–H and O–H groups in total. The van der Waals surface area contributed by atoms with E-state index in [0.717, 1.165) is 16.1 Å². The van der Waals surface area contributed by atoms with E-state index < -0.39 is 0 Å². The van der Waals surface area contributed by atoms with E-state index in [-0.39, 0.29) is 0 Å². The van der Waals surface area contributed by atoms with Crippen molar-refractivity contribution < 1.29 is 0 Å². The lowest BCUT2D eigenvalue weighted by molar-refractivity contribution is 0.830. The predicted molar refractivity (Wildman–Crippen MR) is 65.4 cm³/mol. The Morgan fingerprint density at radius 3 is 2.40 bits per heavy atom. The van der Waals surface area contributed by atoms with E-state index >= 15 is 0 Å². The number of hydrogen-bond acceptors (Lipinski definition) is 1. The van der Waals surface area contributed by atoms with Crippen LogP contribution < -0.4 is 0 Å². The van der Waals surface area contributed by atoms with Gasteiger partial charge in [-0.15, -0.1) is 0 Å². The number of imidazole rings is 1. The average molecular weight is 265 g/mol. The Bertz CT molecular complexity index is 446. The van der Waals surface area contributed by atoms with Gasteiger partial charge >= 0.3 is 0 Å². The van der Waals surface area contributed by atoms with E-state index in [0.29, 0.717) is 5.92 Å². The van der Waals surface area contributed by atoms with Gasteiger partial charge in [0.05, 0.1) is 5.69 Å². The van der Waals surface area contributed by atoms with Gasteiger partial charge in [0.2, 0.25) is 0 Å². The molecule has 1 aromatic heterocycles. The standard InChI is InChI=1S/C12H13BrN2/c1-9(2)11-8-15(12(13)14-11)10-6-4-3-5-7-10/h3-9H,1-2H3. The normalized spacial score (nSPS) is 10.9. The molecule has 1 aromatic carbocycles. The van der Waals surface area contributed by atoms with Crippen molar-refractivity contribution in [3.05, 3.63) is 47.0 Å². The summed E-state index contributed by atoms with van der Waals surface area (Å²) < 4.78 is 2.91. The van der Waals surface area contributed by atoms with Gasteiger partial charge in [0.25, 0.3) is 0 Å². The van der Waals surface area contributed by atoms with E-state index in [4.69, 9.17) is 0 Å². The summed E-state index contributed by atoms with van der Waals surface area (Å²) in [6.07, 6.45) is 2.07. The van der Waals surface area contributed by atoms with Crippen LogP contribution in [0.3, 0.4) is 0 Å². The molecule has 1 heterocycles. The molecule has 0 spiro atoms. The molecule has 2 nitrogen and oxygen atoms in total. The molecule has 0 aliphatic carbocycles. The third kappa shape index (κ3) is 2.12. The summed E-state index contributed by atoms with van der Waals surface area (Å²) in [6, 6.07) is 10.2. The lowest BCUT2D eigenvalue weighted by Gasteiger charge is -2.02. The van der Waals surface area contributed by atoms with E-state index in [9.17, 15) is 0 Å². The van der Waals surface area contributed by atoms with Crippen molar-refractivity contribution in [2.24, 2.45) is 0 Å². The fourth-order valence-electron chi connectivity index (χ4n) is 1.42. The zero-order chi connectivity index (χ0) is 10.8. The van der Waals surface area contributed by atoms with Gasteiger partial charge < -0.3 is 0 Å². The van der Waals surface area contributed by atoms with Crippen LogP contribution in [0.1, 0.15) is 25.5 Å². The lowest BCUT2D eigenvalue weighted by atomic mass is 10.2. The highest BCUT2D eigenvalue weighted by molar-refractivity contribution is 9.10. The minimum absolute atomic E-state index is 0.450. The van der Waals surface area contributed by atoms with Gasteiger partial charge in [-0.25, -0.2) is 4.98 Å². The summed E-state index contributed by atoms with van der Waals surface area (Å²) in [6.45, 7) is 4.29. The highest BCUT2D eigenvalue weighted by Crippen LogP contribution is 2.21. The number of hydrogen-bond donors (Lipinski definition) is 0. The molecule has 2 aromatic rings. The second-order valence-electron chi connectivity index (χ2n) is 3.80. The maximum atomic E-state index is 4.47. The van der Waals surface area contributed by atoms with Crippen molar-refractivity contribution in [1.29, 1.82) is 0 Å². The van der Waals surface area contributed by atoms with Crippen LogP contribution >= 0.6 is 15.9 Å². The molecule has 0 atom stereocenters. The summed E-state index contributed by atoms with van der Waals surface area (Å²) in [5.74, 6) is 0.450. The van der Waals surface area contributed by atoms with Gasteiger partial charge in [0, 0.05) is 11.9 Å². The van der Waals surface area contributed by atoms with Crippen molar-refractivity contribution in [2.45, 2.75) is 19.8 Å². The third-order valence-corrected chi connectivity index (χ3v) is 2.87. The molecule has 0 unspecified atom stereocenters. The quantitative estimate of drug-likeness (QED) is 0.808. The fourth-order valence-corrected chi connectivity index (χ4v) is 1.93. The van der Waals surface area contributed by atoms with Gasteiger partial charge in [-0.3, -0.25) is 4.57 Å². The van der Waals surface area contributed by atoms with E-state index in [1.54, 1.807) is 0 Å².